The van der Waals surface area contributed by atoms with Gasteiger partial charge in [0.15, 0.2) is 0 Å². The highest BCUT2D eigenvalue weighted by Crippen LogP contribution is 2.49. The van der Waals surface area contributed by atoms with Crippen molar-refractivity contribution in [2.24, 2.45) is 17.8 Å². The molecule has 0 aromatic heterocycles. The van der Waals surface area contributed by atoms with Crippen molar-refractivity contribution < 1.29 is 9.59 Å². The first-order valence-corrected chi connectivity index (χ1v) is 8.89. The second kappa shape index (κ2) is 5.99. The molecule has 1 aliphatic heterocycles. The summed E-state index contributed by atoms with van der Waals surface area (Å²) in [4.78, 5) is 25.8. The molecule has 2 bridgehead atoms. The second-order valence-corrected chi connectivity index (χ2v) is 7.38. The van der Waals surface area contributed by atoms with Crippen LogP contribution < -0.4 is 10.2 Å². The quantitative estimate of drug-likeness (QED) is 0.924. The standard InChI is InChI=1S/C19H24N2O2/c22-18(12-15-11-13-3-4-14(15)10-13)20-16-5-7-17(8-6-16)21-9-1-2-19(21)23/h5-8,13-15H,1-4,9-12H2,(H,20,22). The van der Waals surface area contributed by atoms with Gasteiger partial charge in [-0.15, -0.1) is 0 Å². The van der Waals surface area contributed by atoms with Gasteiger partial charge in [-0.25, -0.2) is 0 Å². The van der Waals surface area contributed by atoms with Crippen molar-refractivity contribution >= 4 is 23.2 Å². The molecule has 1 aromatic carbocycles. The van der Waals surface area contributed by atoms with Gasteiger partial charge in [-0.2, -0.15) is 0 Å². The SMILES string of the molecule is O=C(CC1CC2CCC1C2)Nc1ccc(N2CCCC2=O)cc1. The fraction of sp³-hybridized carbons (Fsp3) is 0.579. The molecule has 1 heterocycles. The minimum atomic E-state index is 0.132. The summed E-state index contributed by atoms with van der Waals surface area (Å²) < 4.78 is 0. The molecule has 3 fully saturated rings. The Morgan fingerprint density at radius 2 is 2.00 bits per heavy atom. The van der Waals surface area contributed by atoms with E-state index in [0.29, 0.717) is 18.8 Å². The third-order valence-corrected chi connectivity index (χ3v) is 5.87. The van der Waals surface area contributed by atoms with Gasteiger partial charge < -0.3 is 10.2 Å². The lowest BCUT2D eigenvalue weighted by Gasteiger charge is -2.21. The van der Waals surface area contributed by atoms with Crippen LogP contribution in [0.25, 0.3) is 0 Å². The number of carbonyl (C=O) groups excluding carboxylic acids is 2. The van der Waals surface area contributed by atoms with Crippen LogP contribution in [0.3, 0.4) is 0 Å². The van der Waals surface area contributed by atoms with Crippen LogP contribution in [0.15, 0.2) is 24.3 Å². The maximum atomic E-state index is 12.3. The molecule has 0 spiro atoms. The normalized spacial score (nSPS) is 29.3. The Morgan fingerprint density at radius 3 is 2.61 bits per heavy atom. The van der Waals surface area contributed by atoms with E-state index >= 15 is 0 Å². The van der Waals surface area contributed by atoms with Crippen molar-refractivity contribution in [2.75, 3.05) is 16.8 Å². The number of nitrogens with one attached hydrogen (secondary N) is 1. The molecule has 0 radical (unpaired) electrons. The number of hydrogen-bond acceptors (Lipinski definition) is 2. The Hall–Kier alpha value is -1.84. The summed E-state index contributed by atoms with van der Waals surface area (Å²) in [5, 5.41) is 3.01. The van der Waals surface area contributed by atoms with Crippen molar-refractivity contribution in [1.82, 2.24) is 0 Å². The van der Waals surface area contributed by atoms with E-state index in [2.05, 4.69) is 5.32 Å². The largest absolute Gasteiger partial charge is 0.326 e. The Labute approximate surface area is 137 Å². The Morgan fingerprint density at radius 1 is 1.17 bits per heavy atom. The van der Waals surface area contributed by atoms with Crippen molar-refractivity contribution in [2.45, 2.75) is 44.9 Å². The summed E-state index contributed by atoms with van der Waals surface area (Å²) in [5.74, 6) is 2.59. The number of nitrogens with zero attached hydrogens (tertiary/aromatic N) is 1. The van der Waals surface area contributed by atoms with Gasteiger partial charge in [-0.3, -0.25) is 9.59 Å². The molecule has 122 valence electrons. The van der Waals surface area contributed by atoms with Crippen LogP contribution in [0.5, 0.6) is 0 Å². The number of fused-ring (bicyclic) bond motifs is 2. The van der Waals surface area contributed by atoms with Gasteiger partial charge in [-0.1, -0.05) is 6.42 Å². The van der Waals surface area contributed by atoms with E-state index in [1.165, 1.54) is 25.7 Å². The number of anilines is 2. The van der Waals surface area contributed by atoms with E-state index < -0.39 is 0 Å². The first kappa shape index (κ1) is 14.7. The average Bonchev–Trinajstić information content (AvgIpc) is 3.25. The summed E-state index contributed by atoms with van der Waals surface area (Å²) >= 11 is 0. The maximum Gasteiger partial charge on any atom is 0.227 e. The molecular weight excluding hydrogens is 288 g/mol. The molecule has 2 aliphatic carbocycles. The third-order valence-electron chi connectivity index (χ3n) is 5.87. The van der Waals surface area contributed by atoms with Gasteiger partial charge in [-0.05, 0) is 67.7 Å². The van der Waals surface area contributed by atoms with Crippen LogP contribution in [0.1, 0.15) is 44.9 Å². The molecule has 1 saturated heterocycles. The molecule has 23 heavy (non-hydrogen) atoms. The van der Waals surface area contributed by atoms with Gasteiger partial charge in [0.25, 0.3) is 0 Å². The van der Waals surface area contributed by atoms with Gasteiger partial charge >= 0.3 is 0 Å². The highest BCUT2D eigenvalue weighted by Gasteiger charge is 2.40. The van der Waals surface area contributed by atoms with Gasteiger partial charge in [0, 0.05) is 30.8 Å². The zero-order valence-electron chi connectivity index (χ0n) is 13.5. The lowest BCUT2D eigenvalue weighted by molar-refractivity contribution is -0.118. The average molecular weight is 312 g/mol. The monoisotopic (exact) mass is 312 g/mol. The van der Waals surface area contributed by atoms with E-state index in [-0.39, 0.29) is 11.8 Å². The number of benzene rings is 1. The molecule has 1 aromatic rings. The van der Waals surface area contributed by atoms with Gasteiger partial charge in [0.2, 0.25) is 11.8 Å². The Kier molecular flexibility index (Phi) is 3.83. The molecule has 4 rings (SSSR count). The van der Waals surface area contributed by atoms with E-state index in [1.54, 1.807) is 0 Å². The first-order valence-electron chi connectivity index (χ1n) is 8.89. The molecule has 3 unspecified atom stereocenters. The van der Waals surface area contributed by atoms with Crippen LogP contribution in [0, 0.1) is 17.8 Å². The predicted octanol–water partition coefficient (Wildman–Crippen LogP) is 3.58. The minimum Gasteiger partial charge on any atom is -0.326 e. The Bertz CT molecular complexity index is 610. The van der Waals surface area contributed by atoms with Crippen molar-refractivity contribution in [1.29, 1.82) is 0 Å². The molecular formula is C19H24N2O2. The molecule has 4 nitrogen and oxygen atoms in total. The molecule has 3 atom stereocenters. The van der Waals surface area contributed by atoms with E-state index in [1.807, 2.05) is 29.2 Å². The third kappa shape index (κ3) is 2.99. The highest BCUT2D eigenvalue weighted by molar-refractivity contribution is 5.96. The highest BCUT2D eigenvalue weighted by atomic mass is 16.2. The van der Waals surface area contributed by atoms with Crippen LogP contribution in [0.2, 0.25) is 0 Å². The van der Waals surface area contributed by atoms with Crippen LogP contribution in [-0.4, -0.2) is 18.4 Å². The fourth-order valence-electron chi connectivity index (χ4n) is 4.72. The van der Waals surface area contributed by atoms with Crippen LogP contribution in [-0.2, 0) is 9.59 Å². The summed E-state index contributed by atoms with van der Waals surface area (Å²) in [6, 6.07) is 7.66. The van der Waals surface area contributed by atoms with E-state index in [4.69, 9.17) is 0 Å². The summed E-state index contributed by atoms with van der Waals surface area (Å²) in [6.07, 6.45) is 7.52. The minimum absolute atomic E-state index is 0.132. The summed E-state index contributed by atoms with van der Waals surface area (Å²) in [5.41, 5.74) is 1.76. The summed E-state index contributed by atoms with van der Waals surface area (Å²) in [7, 11) is 0. The maximum absolute atomic E-state index is 12.3. The van der Waals surface area contributed by atoms with E-state index in [9.17, 15) is 9.59 Å². The van der Waals surface area contributed by atoms with Crippen molar-refractivity contribution in [3.63, 3.8) is 0 Å². The lowest BCUT2D eigenvalue weighted by atomic mass is 9.86. The lowest BCUT2D eigenvalue weighted by Crippen LogP contribution is -2.23. The molecule has 2 amide bonds. The van der Waals surface area contributed by atoms with Crippen LogP contribution in [0.4, 0.5) is 11.4 Å². The number of hydrogen-bond donors (Lipinski definition) is 1. The summed E-state index contributed by atoms with van der Waals surface area (Å²) in [6.45, 7) is 0.800. The molecule has 2 saturated carbocycles. The number of amides is 2. The Balaban J connectivity index is 1.33. The smallest absolute Gasteiger partial charge is 0.227 e. The number of carbonyl (C=O) groups is 2. The second-order valence-electron chi connectivity index (χ2n) is 7.38. The van der Waals surface area contributed by atoms with Gasteiger partial charge in [0.05, 0.1) is 0 Å². The van der Waals surface area contributed by atoms with E-state index in [0.717, 1.165) is 36.2 Å². The topological polar surface area (TPSA) is 49.4 Å². The van der Waals surface area contributed by atoms with Crippen LogP contribution >= 0.6 is 0 Å². The van der Waals surface area contributed by atoms with Crippen molar-refractivity contribution in [3.8, 4) is 0 Å². The fourth-order valence-corrected chi connectivity index (χ4v) is 4.72. The number of rotatable bonds is 4. The first-order chi connectivity index (χ1) is 11.2. The van der Waals surface area contributed by atoms with Gasteiger partial charge in [0.1, 0.15) is 0 Å². The van der Waals surface area contributed by atoms with Crippen molar-refractivity contribution in [3.05, 3.63) is 24.3 Å². The molecule has 3 aliphatic rings. The predicted molar refractivity (Wildman–Crippen MR) is 90.2 cm³/mol. The zero-order valence-corrected chi connectivity index (χ0v) is 13.5. The molecule has 4 heteroatoms. The molecule has 1 N–H and O–H groups in total. The zero-order chi connectivity index (χ0) is 15.8.